The van der Waals surface area contributed by atoms with Gasteiger partial charge in [-0.3, -0.25) is 0 Å². The molecule has 3 aliphatic rings. The van der Waals surface area contributed by atoms with Crippen molar-refractivity contribution >= 4 is 76.3 Å². The van der Waals surface area contributed by atoms with Crippen LogP contribution in [0.25, 0.3) is 143 Å². The van der Waals surface area contributed by atoms with Crippen LogP contribution in [0.5, 0.6) is 0 Å². The van der Waals surface area contributed by atoms with Gasteiger partial charge >= 0.3 is 0 Å². The molecule has 2 nitrogen and oxygen atoms in total. The average Bonchev–Trinajstić information content (AvgIpc) is 1.58. The molecule has 2 aromatic heterocycles. The highest BCUT2D eigenvalue weighted by Crippen LogP contribution is 2.53. The van der Waals surface area contributed by atoms with Crippen LogP contribution in [0.3, 0.4) is 0 Å². The minimum absolute atomic E-state index is 0.0870. The van der Waals surface area contributed by atoms with Crippen molar-refractivity contribution in [1.29, 1.82) is 0 Å². The molecule has 15 aromatic rings. The summed E-state index contributed by atoms with van der Waals surface area (Å²) in [6.07, 6.45) is 5.94. The largest absolute Gasteiger partial charge is 0.309 e. The molecule has 89 heavy (non-hydrogen) atoms. The summed E-state index contributed by atoms with van der Waals surface area (Å²) in [5.74, 6) is 0.341. The third-order valence-corrected chi connectivity index (χ3v) is 20.6. The van der Waals surface area contributed by atoms with Gasteiger partial charge in [-0.2, -0.15) is 0 Å². The average molecular weight is 1140 g/mol. The van der Waals surface area contributed by atoms with Crippen molar-refractivity contribution in [2.24, 2.45) is 5.92 Å². The highest BCUT2D eigenvalue weighted by atomic mass is 15.0. The summed E-state index contributed by atoms with van der Waals surface area (Å²) >= 11 is 0. The van der Waals surface area contributed by atoms with Gasteiger partial charge in [0.25, 0.3) is 0 Å². The topological polar surface area (TPSA) is 9.86 Å². The minimum atomic E-state index is -0.145. The second kappa shape index (κ2) is 19.2. The number of aromatic nitrogens is 2. The molecule has 2 heteroatoms. The molecular formula is C87H64N2. The van der Waals surface area contributed by atoms with E-state index in [0.717, 1.165) is 17.8 Å². The van der Waals surface area contributed by atoms with Crippen LogP contribution in [-0.4, -0.2) is 9.13 Å². The predicted octanol–water partition coefficient (Wildman–Crippen LogP) is 23.3. The number of nitrogens with zero attached hydrogens (tertiary/aromatic N) is 2. The van der Waals surface area contributed by atoms with Crippen LogP contribution in [0.2, 0.25) is 0 Å². The highest BCUT2D eigenvalue weighted by Gasteiger charge is 2.38. The highest BCUT2D eigenvalue weighted by molar-refractivity contribution is 6.14. The fourth-order valence-corrected chi connectivity index (χ4v) is 16.0. The van der Waals surface area contributed by atoms with E-state index in [0.29, 0.717) is 5.92 Å². The molecule has 18 rings (SSSR count). The van der Waals surface area contributed by atoms with Crippen LogP contribution < -0.4 is 0 Å². The van der Waals surface area contributed by atoms with E-state index in [-0.39, 0.29) is 10.8 Å². The summed E-state index contributed by atoms with van der Waals surface area (Å²) in [6, 6.07) is 101. The maximum Gasteiger partial charge on any atom is 0.0544 e. The van der Waals surface area contributed by atoms with Gasteiger partial charge in [0.05, 0.1) is 22.1 Å². The Kier molecular flexibility index (Phi) is 11.2. The van der Waals surface area contributed by atoms with E-state index >= 15 is 0 Å². The Morgan fingerprint density at radius 3 is 1.30 bits per heavy atom. The van der Waals surface area contributed by atoms with E-state index in [2.05, 4.69) is 323 Å². The fourth-order valence-electron chi connectivity index (χ4n) is 16.0. The molecule has 13 aromatic carbocycles. The lowest BCUT2D eigenvalue weighted by Gasteiger charge is -2.21. The lowest BCUT2D eigenvalue weighted by atomic mass is 9.82. The molecular weight excluding hydrogens is 1070 g/mol. The van der Waals surface area contributed by atoms with Gasteiger partial charge in [0, 0.05) is 43.7 Å². The van der Waals surface area contributed by atoms with Crippen LogP contribution >= 0.6 is 0 Å². The quantitative estimate of drug-likeness (QED) is 0.151. The molecule has 0 radical (unpaired) electrons. The molecule has 0 aliphatic heterocycles. The Hall–Kier alpha value is -10.5. The predicted molar refractivity (Wildman–Crippen MR) is 378 cm³/mol. The van der Waals surface area contributed by atoms with Crippen molar-refractivity contribution < 1.29 is 0 Å². The SMILES string of the molecule is CC1C=C(c2ccc3c(c2)c2cc4c(cc2n3-c2ccc(-c3ccc(-n5c6ccccc6c6cc7c(cc65)C(C)(C)c5ccccc5-7)cc3)cc2)C(C)(C)c2ccccc2-4)C=C(c2cc(-c3ccc4ccccc4c3)cc(-c3ccc4ccccc4c3)c2)C1. The lowest BCUT2D eigenvalue weighted by molar-refractivity contribution is 0.661. The lowest BCUT2D eigenvalue weighted by Crippen LogP contribution is -2.15. The van der Waals surface area contributed by atoms with E-state index in [1.165, 1.54) is 165 Å². The zero-order chi connectivity index (χ0) is 59.4. The number of rotatable bonds is 7. The van der Waals surface area contributed by atoms with Gasteiger partial charge in [-0.1, -0.05) is 217 Å². The summed E-state index contributed by atoms with van der Waals surface area (Å²) in [7, 11) is 0. The number of hydrogen-bond donors (Lipinski definition) is 0. The number of hydrogen-bond acceptors (Lipinski definition) is 0. The van der Waals surface area contributed by atoms with E-state index < -0.39 is 0 Å². The van der Waals surface area contributed by atoms with Crippen LogP contribution in [0.15, 0.2) is 279 Å². The summed E-state index contributed by atoms with van der Waals surface area (Å²) in [5, 5.41) is 10.1. The van der Waals surface area contributed by atoms with Gasteiger partial charge in [0.2, 0.25) is 0 Å². The molecule has 0 saturated carbocycles. The zero-order valence-corrected chi connectivity index (χ0v) is 50.7. The van der Waals surface area contributed by atoms with E-state index in [1.807, 2.05) is 0 Å². The molecule has 0 saturated heterocycles. The Balaban J connectivity index is 0.734. The Morgan fingerprint density at radius 2 is 0.742 bits per heavy atom. The standard InChI is InChI=1S/C87H64N2/c1-53-40-63(44-64(41-53)67-46-65(60-28-26-54-16-6-8-18-58(54)42-60)45-66(47-67)61-29-27-55-17-7-9-19-59(55)43-61)62-34-39-83-75(48-62)77-50-74-71-21-11-14-24-79(71)87(4,5)81(74)52-85(77)89(83)69-37-32-57(33-38-69)56-30-35-68(36-31-56)88-82-25-15-12-22-72(82)76-49-73-70-20-10-13-23-78(70)86(2,3)80(73)51-84(76)88/h6-40,42-53H,41H2,1-5H3. The van der Waals surface area contributed by atoms with E-state index in [1.54, 1.807) is 0 Å². The Bertz CT molecular complexity index is 5480. The smallest absolute Gasteiger partial charge is 0.0544 e. The van der Waals surface area contributed by atoms with Crippen molar-refractivity contribution in [3.63, 3.8) is 0 Å². The first-order valence-electron chi connectivity index (χ1n) is 31.7. The molecule has 0 fully saturated rings. The molecule has 0 amide bonds. The molecule has 2 heterocycles. The van der Waals surface area contributed by atoms with Gasteiger partial charge < -0.3 is 9.13 Å². The van der Waals surface area contributed by atoms with Crippen molar-refractivity contribution in [3.05, 3.63) is 312 Å². The van der Waals surface area contributed by atoms with Crippen molar-refractivity contribution in [2.45, 2.75) is 51.9 Å². The number of fused-ring (bicyclic) bond motifs is 14. The van der Waals surface area contributed by atoms with Gasteiger partial charge in [-0.25, -0.2) is 0 Å². The Labute approximate surface area is 519 Å². The molecule has 1 atom stereocenters. The van der Waals surface area contributed by atoms with Crippen LogP contribution in [0.1, 0.15) is 74.4 Å². The monoisotopic (exact) mass is 1140 g/mol. The number of benzene rings is 13. The molecule has 0 spiro atoms. The van der Waals surface area contributed by atoms with Crippen molar-refractivity contribution in [3.8, 4) is 67.0 Å². The summed E-state index contributed by atoms with van der Waals surface area (Å²) < 4.78 is 4.99. The molecule has 0 N–H and O–H groups in total. The second-order valence-electron chi connectivity index (χ2n) is 26.6. The summed E-state index contributed by atoms with van der Waals surface area (Å²) in [4.78, 5) is 0. The van der Waals surface area contributed by atoms with Gasteiger partial charge in [-0.05, 0) is 231 Å². The second-order valence-corrected chi connectivity index (χ2v) is 26.6. The van der Waals surface area contributed by atoms with E-state index in [4.69, 9.17) is 0 Å². The van der Waals surface area contributed by atoms with Crippen molar-refractivity contribution in [1.82, 2.24) is 9.13 Å². The van der Waals surface area contributed by atoms with Gasteiger partial charge in [-0.15, -0.1) is 0 Å². The summed E-state index contributed by atoms with van der Waals surface area (Å²) in [6.45, 7) is 11.9. The third kappa shape index (κ3) is 7.96. The maximum atomic E-state index is 2.52. The minimum Gasteiger partial charge on any atom is -0.309 e. The number of para-hydroxylation sites is 1. The van der Waals surface area contributed by atoms with Gasteiger partial charge in [0.15, 0.2) is 0 Å². The maximum absolute atomic E-state index is 2.52. The normalized spacial score (nSPS) is 15.4. The van der Waals surface area contributed by atoms with Crippen LogP contribution in [0, 0.1) is 5.92 Å². The Morgan fingerprint density at radius 1 is 0.303 bits per heavy atom. The first kappa shape index (κ1) is 51.7. The molecule has 3 aliphatic carbocycles. The van der Waals surface area contributed by atoms with Gasteiger partial charge in [0.1, 0.15) is 0 Å². The fraction of sp³-hybridized carbons (Fsp3) is 0.103. The zero-order valence-electron chi connectivity index (χ0n) is 50.7. The van der Waals surface area contributed by atoms with E-state index in [9.17, 15) is 0 Å². The van der Waals surface area contributed by atoms with Crippen LogP contribution in [-0.2, 0) is 10.8 Å². The molecule has 1 unspecified atom stereocenters. The molecule has 0 bridgehead atoms. The first-order valence-corrected chi connectivity index (χ1v) is 31.7. The first-order chi connectivity index (χ1) is 43.5. The molecule has 422 valence electrons. The summed E-state index contributed by atoms with van der Waals surface area (Å²) in [5.41, 5.74) is 30.3. The van der Waals surface area contributed by atoms with Crippen molar-refractivity contribution in [2.75, 3.05) is 0 Å². The number of allylic oxidation sites excluding steroid dienone is 4. The third-order valence-electron chi connectivity index (χ3n) is 20.6. The van der Waals surface area contributed by atoms with Crippen LogP contribution in [0.4, 0.5) is 0 Å².